The fourth-order valence-electron chi connectivity index (χ4n) is 3.54. The minimum atomic E-state index is -0.135. The number of Topliss-reactive ketones (excluding diaryl/α,β-unsaturated/α-hetero) is 1. The molecule has 3 heterocycles. The molecule has 0 atom stereocenters. The fourth-order valence-corrected chi connectivity index (χ4v) is 4.64. The number of benzene rings is 1. The lowest BCUT2D eigenvalue weighted by Crippen LogP contribution is -2.36. The number of rotatable bonds is 5. The number of nitrogens with zero attached hydrogens (tertiary/aromatic N) is 4. The number of halogens is 1. The molecule has 8 heteroatoms. The Morgan fingerprint density at radius 1 is 1.25 bits per heavy atom. The number of anilines is 1. The van der Waals surface area contributed by atoms with E-state index in [2.05, 4.69) is 21.9 Å². The van der Waals surface area contributed by atoms with Gasteiger partial charge in [-0.1, -0.05) is 36.3 Å². The van der Waals surface area contributed by atoms with Gasteiger partial charge in [-0.15, -0.1) is 5.10 Å². The third kappa shape index (κ3) is 3.82. The van der Waals surface area contributed by atoms with E-state index in [0.29, 0.717) is 15.5 Å². The molecule has 1 aliphatic heterocycles. The van der Waals surface area contributed by atoms with Gasteiger partial charge in [0.1, 0.15) is 0 Å². The highest BCUT2D eigenvalue weighted by Gasteiger charge is 2.27. The normalized spacial score (nSPS) is 15.3. The second kappa shape index (κ2) is 8.01. The van der Waals surface area contributed by atoms with E-state index in [4.69, 9.17) is 11.6 Å². The predicted molar refractivity (Wildman–Crippen MR) is 112 cm³/mol. The van der Waals surface area contributed by atoms with Gasteiger partial charge in [0.05, 0.1) is 0 Å². The molecule has 0 spiro atoms. The van der Waals surface area contributed by atoms with Crippen molar-refractivity contribution in [3.8, 4) is 0 Å². The molecule has 146 valence electrons. The van der Waals surface area contributed by atoms with E-state index in [1.807, 2.05) is 0 Å². The number of aryl methyl sites for hydroxylation is 1. The molecule has 0 unspecified atom stereocenters. The Balaban J connectivity index is 1.47. The molecule has 28 heavy (non-hydrogen) atoms. The molecule has 6 nitrogen and oxygen atoms in total. The van der Waals surface area contributed by atoms with Crippen LogP contribution in [0, 0.1) is 5.92 Å². The van der Waals surface area contributed by atoms with Crippen LogP contribution in [-0.2, 0) is 6.42 Å². The molecule has 0 radical (unpaired) electrons. The van der Waals surface area contributed by atoms with Crippen LogP contribution in [0.5, 0.6) is 0 Å². The number of piperidine rings is 1. The number of fused-ring (bicyclic) bond motifs is 1. The maximum Gasteiger partial charge on any atom is 0.275 e. The van der Waals surface area contributed by atoms with E-state index >= 15 is 0 Å². The maximum absolute atomic E-state index is 12.7. The average molecular weight is 417 g/mol. The smallest absolute Gasteiger partial charge is 0.275 e. The van der Waals surface area contributed by atoms with Crippen LogP contribution in [0.1, 0.15) is 42.2 Å². The number of aromatic nitrogens is 3. The molecule has 1 fully saturated rings. The summed E-state index contributed by atoms with van der Waals surface area (Å²) in [4.78, 5) is 32.3. The van der Waals surface area contributed by atoms with Crippen molar-refractivity contribution in [3.63, 3.8) is 0 Å². The van der Waals surface area contributed by atoms with Crippen LogP contribution in [0.2, 0.25) is 5.02 Å². The summed E-state index contributed by atoms with van der Waals surface area (Å²) in [6.07, 6.45) is 3.27. The van der Waals surface area contributed by atoms with Gasteiger partial charge in [0.15, 0.2) is 5.78 Å². The first kappa shape index (κ1) is 19.1. The molecule has 0 N–H and O–H groups in total. The van der Waals surface area contributed by atoms with E-state index in [-0.39, 0.29) is 17.3 Å². The highest BCUT2D eigenvalue weighted by Crippen LogP contribution is 2.28. The molecular weight excluding hydrogens is 396 g/mol. The van der Waals surface area contributed by atoms with Crippen molar-refractivity contribution in [2.75, 3.05) is 18.0 Å². The largest absolute Gasteiger partial charge is 0.347 e. The highest BCUT2D eigenvalue weighted by atomic mass is 35.5. The summed E-state index contributed by atoms with van der Waals surface area (Å²) in [6.45, 7) is 3.54. The molecule has 1 aromatic carbocycles. The van der Waals surface area contributed by atoms with Crippen molar-refractivity contribution in [3.05, 3.63) is 57.0 Å². The number of carbonyl (C=O) groups is 1. The van der Waals surface area contributed by atoms with Crippen molar-refractivity contribution >= 4 is 38.8 Å². The van der Waals surface area contributed by atoms with Crippen molar-refractivity contribution in [2.24, 2.45) is 5.92 Å². The van der Waals surface area contributed by atoms with Crippen LogP contribution in [0.4, 0.5) is 5.13 Å². The fraction of sp³-hybridized carbons (Fsp3) is 0.400. The summed E-state index contributed by atoms with van der Waals surface area (Å²) < 4.78 is 1.38. The van der Waals surface area contributed by atoms with Gasteiger partial charge in [-0.05, 0) is 43.5 Å². The molecular formula is C20H21ClN4O2S. The number of hydrogen-bond donors (Lipinski definition) is 0. The van der Waals surface area contributed by atoms with Gasteiger partial charge in [-0.2, -0.15) is 4.52 Å². The molecule has 0 bridgehead atoms. The van der Waals surface area contributed by atoms with Crippen LogP contribution in [0.3, 0.4) is 0 Å². The Bertz CT molecular complexity index is 1050. The Labute approximate surface area is 171 Å². The Kier molecular flexibility index (Phi) is 5.46. The van der Waals surface area contributed by atoms with Crippen molar-refractivity contribution in [1.82, 2.24) is 14.6 Å². The first-order valence-corrected chi connectivity index (χ1v) is 10.7. The van der Waals surface area contributed by atoms with Gasteiger partial charge < -0.3 is 4.90 Å². The number of carbonyl (C=O) groups excluding carboxylic acids is 1. The van der Waals surface area contributed by atoms with E-state index < -0.39 is 0 Å². The minimum absolute atomic E-state index is 0.00353. The molecule has 2 aromatic heterocycles. The molecule has 0 aliphatic carbocycles. The van der Waals surface area contributed by atoms with Gasteiger partial charge >= 0.3 is 0 Å². The zero-order valence-corrected chi connectivity index (χ0v) is 17.2. The highest BCUT2D eigenvalue weighted by molar-refractivity contribution is 7.20. The average Bonchev–Trinajstić information content (AvgIpc) is 3.13. The third-order valence-corrected chi connectivity index (χ3v) is 6.28. The zero-order valence-electron chi connectivity index (χ0n) is 15.6. The Hall–Kier alpha value is -2.25. The quantitative estimate of drug-likeness (QED) is 0.591. The number of hydrogen-bond acceptors (Lipinski definition) is 6. The van der Waals surface area contributed by atoms with E-state index in [1.165, 1.54) is 15.9 Å². The molecule has 1 aliphatic rings. The molecule has 0 amide bonds. The number of ketones is 1. The third-order valence-electron chi connectivity index (χ3n) is 5.06. The Morgan fingerprint density at radius 2 is 1.96 bits per heavy atom. The molecule has 1 saturated heterocycles. The first-order chi connectivity index (χ1) is 13.5. The summed E-state index contributed by atoms with van der Waals surface area (Å²) >= 11 is 7.34. The van der Waals surface area contributed by atoms with E-state index in [1.54, 1.807) is 30.3 Å². The summed E-state index contributed by atoms with van der Waals surface area (Å²) in [5, 5.41) is 5.88. The maximum atomic E-state index is 12.7. The summed E-state index contributed by atoms with van der Waals surface area (Å²) in [7, 11) is 0. The second-order valence-electron chi connectivity index (χ2n) is 7.05. The van der Waals surface area contributed by atoms with Crippen LogP contribution in [0.25, 0.3) is 4.96 Å². The van der Waals surface area contributed by atoms with Gasteiger partial charge in [0.25, 0.3) is 5.56 Å². The molecule has 4 rings (SSSR count). The summed E-state index contributed by atoms with van der Waals surface area (Å²) in [5.74, 6) is 0.173. The lowest BCUT2D eigenvalue weighted by molar-refractivity contribution is 0.0900. The minimum Gasteiger partial charge on any atom is -0.347 e. The Morgan fingerprint density at radius 3 is 2.64 bits per heavy atom. The van der Waals surface area contributed by atoms with E-state index in [9.17, 15) is 9.59 Å². The topological polar surface area (TPSA) is 67.6 Å². The first-order valence-electron chi connectivity index (χ1n) is 9.49. The van der Waals surface area contributed by atoms with Gasteiger partial charge in [-0.3, -0.25) is 9.59 Å². The zero-order chi connectivity index (χ0) is 19.7. The molecule has 3 aromatic rings. The van der Waals surface area contributed by atoms with Gasteiger partial charge in [-0.25, -0.2) is 4.98 Å². The second-order valence-corrected chi connectivity index (χ2v) is 8.42. The monoisotopic (exact) mass is 416 g/mol. The summed E-state index contributed by atoms with van der Waals surface area (Å²) in [6, 6.07) is 8.65. The van der Waals surface area contributed by atoms with Crippen LogP contribution >= 0.6 is 22.9 Å². The lowest BCUT2D eigenvalue weighted by Gasteiger charge is -2.30. The van der Waals surface area contributed by atoms with Crippen LogP contribution in [-0.4, -0.2) is 33.5 Å². The standard InChI is InChI=1S/C20H21ClN4O2S/c1-2-3-16-12-17(26)25-19(22-16)28-20(23-25)24-10-8-14(9-11-24)18(27)13-4-6-15(21)7-5-13/h4-7,12,14H,2-3,8-11H2,1H3. The van der Waals surface area contributed by atoms with Crippen molar-refractivity contribution in [2.45, 2.75) is 32.6 Å². The molecule has 0 saturated carbocycles. The van der Waals surface area contributed by atoms with Crippen LogP contribution < -0.4 is 10.5 Å². The lowest BCUT2D eigenvalue weighted by atomic mass is 9.89. The van der Waals surface area contributed by atoms with Crippen molar-refractivity contribution in [1.29, 1.82) is 0 Å². The SMILES string of the molecule is CCCc1cc(=O)n2nc(N3CCC(C(=O)c4ccc(Cl)cc4)CC3)sc2n1. The van der Waals surface area contributed by atoms with Crippen molar-refractivity contribution < 1.29 is 4.79 Å². The van der Waals surface area contributed by atoms with Gasteiger partial charge in [0, 0.05) is 41.4 Å². The van der Waals surface area contributed by atoms with Gasteiger partial charge in [0.2, 0.25) is 10.1 Å². The summed E-state index contributed by atoms with van der Waals surface area (Å²) in [5.41, 5.74) is 1.39. The predicted octanol–water partition coefficient (Wildman–Crippen LogP) is 3.86. The van der Waals surface area contributed by atoms with E-state index in [0.717, 1.165) is 49.6 Å². The van der Waals surface area contributed by atoms with Crippen LogP contribution in [0.15, 0.2) is 35.1 Å².